The number of nitrogens with zero attached hydrogens (tertiary/aromatic N) is 5. The Hall–Kier alpha value is -2.96. The molecule has 0 aliphatic carbocycles. The van der Waals surface area contributed by atoms with Crippen molar-refractivity contribution in [3.63, 3.8) is 0 Å². The van der Waals surface area contributed by atoms with Gasteiger partial charge in [0, 0.05) is 12.4 Å². The molecule has 0 radical (unpaired) electrons. The number of hydrogen-bond acceptors (Lipinski definition) is 4. The van der Waals surface area contributed by atoms with Crippen molar-refractivity contribution in [2.24, 2.45) is 0 Å². The van der Waals surface area contributed by atoms with Crippen molar-refractivity contribution in [1.29, 1.82) is 0 Å². The van der Waals surface area contributed by atoms with E-state index < -0.39 is 5.97 Å². The minimum Gasteiger partial charge on any atom is -0.477 e. The van der Waals surface area contributed by atoms with E-state index in [0.29, 0.717) is 11.6 Å². The van der Waals surface area contributed by atoms with Gasteiger partial charge in [-0.15, -0.1) is 5.10 Å². The van der Waals surface area contributed by atoms with Crippen LogP contribution in [0.15, 0.2) is 42.9 Å². The normalized spacial score (nSPS) is 10.7. The lowest BCUT2D eigenvalue weighted by Crippen LogP contribution is -2.10. The van der Waals surface area contributed by atoms with Gasteiger partial charge in [0.25, 0.3) is 0 Å². The lowest BCUT2D eigenvalue weighted by atomic mass is 10.3. The number of rotatable bonds is 3. The summed E-state index contributed by atoms with van der Waals surface area (Å²) in [5.74, 6) is -0.160. The molecule has 0 amide bonds. The monoisotopic (exact) mass is 269 g/mol. The standard InChI is InChI=1S/C13H11N5O2/c1-9-4-5-11(16-15-9)18-12(17-6-2-3-7-17)10(8-14-18)13(19)20/h2-8H,1H3,(H,19,20). The van der Waals surface area contributed by atoms with Crippen LogP contribution in [0.1, 0.15) is 16.1 Å². The van der Waals surface area contributed by atoms with Gasteiger partial charge in [0.2, 0.25) is 0 Å². The van der Waals surface area contributed by atoms with Gasteiger partial charge in [0.15, 0.2) is 11.6 Å². The van der Waals surface area contributed by atoms with Gasteiger partial charge in [0.05, 0.1) is 11.9 Å². The highest BCUT2D eigenvalue weighted by atomic mass is 16.4. The molecule has 0 spiro atoms. The number of carboxylic acid groups (broad SMARTS) is 1. The van der Waals surface area contributed by atoms with Crippen LogP contribution in [0.2, 0.25) is 0 Å². The van der Waals surface area contributed by atoms with E-state index in [1.807, 2.05) is 19.1 Å². The SMILES string of the molecule is Cc1ccc(-n2ncc(C(=O)O)c2-n2cccc2)nn1. The average Bonchev–Trinajstić information content (AvgIpc) is 3.08. The van der Waals surface area contributed by atoms with Crippen LogP contribution in [0.25, 0.3) is 11.6 Å². The molecule has 7 heteroatoms. The zero-order chi connectivity index (χ0) is 14.1. The summed E-state index contributed by atoms with van der Waals surface area (Å²) < 4.78 is 3.13. The van der Waals surface area contributed by atoms with Gasteiger partial charge in [0.1, 0.15) is 5.56 Å². The maximum Gasteiger partial charge on any atom is 0.341 e. The summed E-state index contributed by atoms with van der Waals surface area (Å²) in [6.45, 7) is 1.83. The molecule has 0 fully saturated rings. The number of aryl methyl sites for hydroxylation is 1. The van der Waals surface area contributed by atoms with Crippen LogP contribution in [-0.4, -0.2) is 35.6 Å². The third kappa shape index (κ3) is 1.95. The molecule has 7 nitrogen and oxygen atoms in total. The predicted octanol–water partition coefficient (Wildman–Crippen LogP) is 1.46. The number of hydrogen-bond donors (Lipinski definition) is 1. The molecule has 0 aromatic carbocycles. The zero-order valence-corrected chi connectivity index (χ0v) is 10.6. The summed E-state index contributed by atoms with van der Waals surface area (Å²) in [5, 5.41) is 21.4. The van der Waals surface area contributed by atoms with Gasteiger partial charge in [-0.2, -0.15) is 14.9 Å². The topological polar surface area (TPSA) is 85.8 Å². The Balaban J connectivity index is 2.21. The molecule has 3 aromatic rings. The summed E-state index contributed by atoms with van der Waals surface area (Å²) >= 11 is 0. The van der Waals surface area contributed by atoms with Crippen molar-refractivity contribution in [3.05, 3.63) is 54.1 Å². The second-order valence-corrected chi connectivity index (χ2v) is 4.22. The summed E-state index contributed by atoms with van der Waals surface area (Å²) in [6, 6.07) is 7.16. The van der Waals surface area contributed by atoms with E-state index >= 15 is 0 Å². The molecule has 100 valence electrons. The van der Waals surface area contributed by atoms with Crippen molar-refractivity contribution >= 4 is 5.97 Å². The summed E-state index contributed by atoms with van der Waals surface area (Å²) in [6.07, 6.45) is 4.81. The molecule has 0 unspecified atom stereocenters. The Kier molecular flexibility index (Phi) is 2.79. The van der Waals surface area contributed by atoms with Crippen LogP contribution in [0, 0.1) is 6.92 Å². The first-order chi connectivity index (χ1) is 9.66. The molecule has 1 N–H and O–H groups in total. The van der Waals surface area contributed by atoms with Crippen LogP contribution in [0.3, 0.4) is 0 Å². The fourth-order valence-corrected chi connectivity index (χ4v) is 1.89. The van der Waals surface area contributed by atoms with Crippen LogP contribution >= 0.6 is 0 Å². The zero-order valence-electron chi connectivity index (χ0n) is 10.6. The smallest absolute Gasteiger partial charge is 0.341 e. The Labute approximate surface area is 114 Å². The molecule has 0 atom stereocenters. The summed E-state index contributed by atoms with van der Waals surface area (Å²) in [4.78, 5) is 11.3. The van der Waals surface area contributed by atoms with Crippen LogP contribution in [-0.2, 0) is 0 Å². The van der Waals surface area contributed by atoms with Gasteiger partial charge in [-0.1, -0.05) is 0 Å². The van der Waals surface area contributed by atoms with Crippen molar-refractivity contribution in [1.82, 2.24) is 24.5 Å². The lowest BCUT2D eigenvalue weighted by Gasteiger charge is -2.08. The Morgan fingerprint density at radius 3 is 2.55 bits per heavy atom. The molecule has 0 saturated carbocycles. The maximum atomic E-state index is 11.3. The summed E-state index contributed by atoms with van der Waals surface area (Å²) in [7, 11) is 0. The third-order valence-corrected chi connectivity index (χ3v) is 2.82. The van der Waals surface area contributed by atoms with Crippen LogP contribution < -0.4 is 0 Å². The van der Waals surface area contributed by atoms with E-state index in [-0.39, 0.29) is 5.56 Å². The van der Waals surface area contributed by atoms with Gasteiger partial charge >= 0.3 is 5.97 Å². The largest absolute Gasteiger partial charge is 0.477 e. The van der Waals surface area contributed by atoms with Crippen LogP contribution in [0.5, 0.6) is 0 Å². The minimum atomic E-state index is -1.04. The highest BCUT2D eigenvalue weighted by molar-refractivity contribution is 5.91. The fourth-order valence-electron chi connectivity index (χ4n) is 1.89. The van der Waals surface area contributed by atoms with Gasteiger partial charge < -0.3 is 9.67 Å². The molecule has 0 aliphatic rings. The Morgan fingerprint density at radius 1 is 1.20 bits per heavy atom. The first kappa shape index (κ1) is 12.1. The molecular weight excluding hydrogens is 258 g/mol. The number of carbonyl (C=O) groups is 1. The number of aromatic nitrogens is 5. The van der Waals surface area contributed by atoms with Crippen LogP contribution in [0.4, 0.5) is 0 Å². The quantitative estimate of drug-likeness (QED) is 0.778. The molecule has 3 heterocycles. The van der Waals surface area contributed by atoms with Gasteiger partial charge in [-0.05, 0) is 31.2 Å². The predicted molar refractivity (Wildman–Crippen MR) is 70.2 cm³/mol. The van der Waals surface area contributed by atoms with E-state index in [9.17, 15) is 9.90 Å². The fraction of sp³-hybridized carbons (Fsp3) is 0.0769. The minimum absolute atomic E-state index is 0.101. The van der Waals surface area contributed by atoms with Crippen molar-refractivity contribution in [2.45, 2.75) is 6.92 Å². The third-order valence-electron chi connectivity index (χ3n) is 2.82. The van der Waals surface area contributed by atoms with E-state index in [4.69, 9.17) is 0 Å². The van der Waals surface area contributed by atoms with E-state index in [0.717, 1.165) is 5.69 Å². The Morgan fingerprint density at radius 2 is 1.95 bits per heavy atom. The molecule has 3 rings (SSSR count). The van der Waals surface area contributed by atoms with E-state index in [2.05, 4.69) is 15.3 Å². The van der Waals surface area contributed by atoms with E-state index in [1.54, 1.807) is 29.1 Å². The van der Waals surface area contributed by atoms with Gasteiger partial charge in [-0.25, -0.2) is 4.79 Å². The second-order valence-electron chi connectivity index (χ2n) is 4.22. The lowest BCUT2D eigenvalue weighted by molar-refractivity contribution is 0.0697. The van der Waals surface area contributed by atoms with Crippen molar-refractivity contribution < 1.29 is 9.90 Å². The molecular formula is C13H11N5O2. The Bertz CT molecular complexity index is 744. The van der Waals surface area contributed by atoms with Crippen molar-refractivity contribution in [3.8, 4) is 11.6 Å². The molecule has 0 aliphatic heterocycles. The molecule has 0 saturated heterocycles. The molecule has 3 aromatic heterocycles. The average molecular weight is 269 g/mol. The maximum absolute atomic E-state index is 11.3. The first-order valence-electron chi connectivity index (χ1n) is 5.92. The van der Waals surface area contributed by atoms with E-state index in [1.165, 1.54) is 10.9 Å². The number of aromatic carboxylic acids is 1. The van der Waals surface area contributed by atoms with Crippen molar-refractivity contribution in [2.75, 3.05) is 0 Å². The number of carboxylic acids is 1. The first-order valence-corrected chi connectivity index (χ1v) is 5.92. The van der Waals surface area contributed by atoms with Gasteiger partial charge in [-0.3, -0.25) is 0 Å². The molecule has 0 bridgehead atoms. The highest BCUT2D eigenvalue weighted by Gasteiger charge is 2.19. The summed E-state index contributed by atoms with van der Waals surface area (Å²) in [5.41, 5.74) is 0.880. The molecule has 20 heavy (non-hydrogen) atoms. The second kappa shape index (κ2) is 4.61. The highest BCUT2D eigenvalue weighted by Crippen LogP contribution is 2.18.